The summed E-state index contributed by atoms with van der Waals surface area (Å²) in [6.07, 6.45) is 4.75. The Morgan fingerprint density at radius 1 is 0.875 bits per heavy atom. The lowest BCUT2D eigenvalue weighted by molar-refractivity contribution is 0.0950. The standard InChI is InChI=1S/C17H12ClN5O/c18-12-7-10-21-15(11-12)17(24)23-22-16(13-5-1-3-8-19-13)14-6-2-4-9-20-14/h1-11H,(H,23,24). The molecule has 0 spiro atoms. The van der Waals surface area contributed by atoms with Crippen molar-refractivity contribution in [3.05, 3.63) is 89.2 Å². The summed E-state index contributed by atoms with van der Waals surface area (Å²) >= 11 is 5.87. The number of aromatic nitrogens is 3. The monoisotopic (exact) mass is 337 g/mol. The maximum absolute atomic E-state index is 12.2. The van der Waals surface area contributed by atoms with Gasteiger partial charge in [-0.3, -0.25) is 19.7 Å². The van der Waals surface area contributed by atoms with E-state index in [9.17, 15) is 4.79 Å². The number of hydrogen-bond acceptors (Lipinski definition) is 5. The summed E-state index contributed by atoms with van der Waals surface area (Å²) in [5, 5.41) is 4.60. The van der Waals surface area contributed by atoms with Crippen molar-refractivity contribution in [1.29, 1.82) is 0 Å². The first kappa shape index (κ1) is 15.8. The van der Waals surface area contributed by atoms with Crippen molar-refractivity contribution in [2.24, 2.45) is 5.10 Å². The molecule has 0 radical (unpaired) electrons. The van der Waals surface area contributed by atoms with Crippen LogP contribution >= 0.6 is 11.6 Å². The molecule has 3 aromatic heterocycles. The molecule has 0 unspecified atom stereocenters. The van der Waals surface area contributed by atoms with E-state index in [4.69, 9.17) is 11.6 Å². The van der Waals surface area contributed by atoms with Crippen LogP contribution in [-0.2, 0) is 0 Å². The van der Waals surface area contributed by atoms with Gasteiger partial charge in [-0.15, -0.1) is 0 Å². The van der Waals surface area contributed by atoms with Crippen molar-refractivity contribution in [1.82, 2.24) is 20.4 Å². The lowest BCUT2D eigenvalue weighted by atomic mass is 10.1. The summed E-state index contributed by atoms with van der Waals surface area (Å²) in [4.78, 5) is 24.7. The molecular formula is C17H12ClN5O. The normalized spacial score (nSPS) is 10.0. The van der Waals surface area contributed by atoms with Gasteiger partial charge >= 0.3 is 0 Å². The van der Waals surface area contributed by atoms with Crippen molar-refractivity contribution in [2.45, 2.75) is 0 Å². The molecule has 0 saturated heterocycles. The van der Waals surface area contributed by atoms with Gasteiger partial charge in [0.25, 0.3) is 5.91 Å². The molecule has 6 nitrogen and oxygen atoms in total. The number of pyridine rings is 3. The Hall–Kier alpha value is -3.12. The molecule has 3 aromatic rings. The highest BCUT2D eigenvalue weighted by atomic mass is 35.5. The second-order valence-corrected chi connectivity index (χ2v) is 5.13. The topological polar surface area (TPSA) is 80.1 Å². The zero-order valence-electron chi connectivity index (χ0n) is 12.4. The zero-order valence-corrected chi connectivity index (χ0v) is 13.2. The lowest BCUT2D eigenvalue weighted by Gasteiger charge is -2.06. The Bertz CT molecular complexity index is 827. The predicted molar refractivity (Wildman–Crippen MR) is 90.8 cm³/mol. The van der Waals surface area contributed by atoms with Crippen LogP contribution in [-0.4, -0.2) is 26.6 Å². The molecule has 0 bridgehead atoms. The van der Waals surface area contributed by atoms with Crippen molar-refractivity contribution >= 4 is 23.2 Å². The van der Waals surface area contributed by atoms with E-state index < -0.39 is 5.91 Å². The molecule has 1 amide bonds. The lowest BCUT2D eigenvalue weighted by Crippen LogP contribution is -2.22. The Morgan fingerprint density at radius 3 is 2.04 bits per heavy atom. The molecule has 0 fully saturated rings. The van der Waals surface area contributed by atoms with E-state index in [1.165, 1.54) is 12.3 Å². The van der Waals surface area contributed by atoms with Crippen LogP contribution < -0.4 is 5.43 Å². The van der Waals surface area contributed by atoms with E-state index in [1.807, 2.05) is 12.1 Å². The second-order valence-electron chi connectivity index (χ2n) is 4.69. The first-order valence-electron chi connectivity index (χ1n) is 7.06. The van der Waals surface area contributed by atoms with Crippen LogP contribution in [0.15, 0.2) is 72.2 Å². The maximum Gasteiger partial charge on any atom is 0.290 e. The fraction of sp³-hybridized carbons (Fsp3) is 0. The molecule has 0 saturated carbocycles. The van der Waals surface area contributed by atoms with Crippen LogP contribution in [0.3, 0.4) is 0 Å². The Kier molecular flexibility index (Phi) is 4.88. The van der Waals surface area contributed by atoms with E-state index in [2.05, 4.69) is 25.5 Å². The molecule has 3 heterocycles. The van der Waals surface area contributed by atoms with Crippen molar-refractivity contribution < 1.29 is 4.79 Å². The van der Waals surface area contributed by atoms with Gasteiger partial charge in [-0.1, -0.05) is 23.7 Å². The van der Waals surface area contributed by atoms with E-state index in [0.29, 0.717) is 22.1 Å². The third kappa shape index (κ3) is 3.80. The first-order chi connectivity index (χ1) is 11.7. The highest BCUT2D eigenvalue weighted by Gasteiger charge is 2.12. The molecule has 0 aliphatic carbocycles. The van der Waals surface area contributed by atoms with Crippen LogP contribution in [0.4, 0.5) is 0 Å². The number of hydrogen-bond donors (Lipinski definition) is 1. The summed E-state index contributed by atoms with van der Waals surface area (Å²) in [5.74, 6) is -0.470. The number of carbonyl (C=O) groups is 1. The van der Waals surface area contributed by atoms with Crippen molar-refractivity contribution in [3.8, 4) is 0 Å². The van der Waals surface area contributed by atoms with Gasteiger partial charge in [0.15, 0.2) is 0 Å². The van der Waals surface area contributed by atoms with E-state index in [0.717, 1.165) is 0 Å². The zero-order chi connectivity index (χ0) is 16.8. The van der Waals surface area contributed by atoms with E-state index in [-0.39, 0.29) is 5.69 Å². The Labute approximate surface area is 143 Å². The molecule has 0 aliphatic heterocycles. The summed E-state index contributed by atoms with van der Waals surface area (Å²) in [7, 11) is 0. The third-order valence-electron chi connectivity index (χ3n) is 3.04. The quantitative estimate of drug-likeness (QED) is 0.586. The Morgan fingerprint density at radius 2 is 1.50 bits per heavy atom. The SMILES string of the molecule is O=C(NN=C(c1ccccn1)c1ccccn1)c1cc(Cl)ccn1. The smallest absolute Gasteiger partial charge is 0.266 e. The number of nitrogens with zero attached hydrogens (tertiary/aromatic N) is 4. The number of nitrogens with one attached hydrogen (secondary N) is 1. The predicted octanol–water partition coefficient (Wildman–Crippen LogP) is 2.71. The number of hydrazone groups is 1. The van der Waals surface area contributed by atoms with Gasteiger partial charge in [0.05, 0.1) is 11.4 Å². The average Bonchev–Trinajstić information content (AvgIpc) is 2.63. The molecule has 3 rings (SSSR count). The van der Waals surface area contributed by atoms with Gasteiger partial charge in [-0.2, -0.15) is 5.10 Å². The maximum atomic E-state index is 12.2. The number of rotatable bonds is 4. The van der Waals surface area contributed by atoms with E-state index >= 15 is 0 Å². The van der Waals surface area contributed by atoms with Crippen LogP contribution in [0.1, 0.15) is 21.9 Å². The van der Waals surface area contributed by atoms with Crippen molar-refractivity contribution in [2.75, 3.05) is 0 Å². The molecule has 0 aliphatic rings. The minimum atomic E-state index is -0.470. The number of halogens is 1. The highest BCUT2D eigenvalue weighted by molar-refractivity contribution is 6.30. The molecule has 0 aromatic carbocycles. The fourth-order valence-corrected chi connectivity index (χ4v) is 2.10. The van der Waals surface area contributed by atoms with Crippen molar-refractivity contribution in [3.63, 3.8) is 0 Å². The highest BCUT2D eigenvalue weighted by Crippen LogP contribution is 2.09. The number of carbonyl (C=O) groups excluding carboxylic acids is 1. The summed E-state index contributed by atoms with van der Waals surface area (Å²) in [6, 6.07) is 13.9. The van der Waals surface area contributed by atoms with Gasteiger partial charge in [0, 0.05) is 23.6 Å². The van der Waals surface area contributed by atoms with Gasteiger partial charge in [0.2, 0.25) is 0 Å². The summed E-state index contributed by atoms with van der Waals surface area (Å²) < 4.78 is 0. The minimum absolute atomic E-state index is 0.174. The van der Waals surface area contributed by atoms with Gasteiger partial charge in [-0.05, 0) is 36.4 Å². The molecule has 24 heavy (non-hydrogen) atoms. The van der Waals surface area contributed by atoms with Crippen LogP contribution in [0.25, 0.3) is 0 Å². The first-order valence-corrected chi connectivity index (χ1v) is 7.44. The van der Waals surface area contributed by atoms with Gasteiger partial charge in [0.1, 0.15) is 11.4 Å². The molecular weight excluding hydrogens is 326 g/mol. The average molecular weight is 338 g/mol. The summed E-state index contributed by atoms with van der Waals surface area (Å²) in [6.45, 7) is 0. The molecule has 1 N–H and O–H groups in total. The number of amides is 1. The largest absolute Gasteiger partial charge is 0.290 e. The molecule has 7 heteroatoms. The van der Waals surface area contributed by atoms with Gasteiger partial charge < -0.3 is 0 Å². The molecule has 118 valence electrons. The van der Waals surface area contributed by atoms with E-state index in [1.54, 1.807) is 42.7 Å². The summed E-state index contributed by atoms with van der Waals surface area (Å²) in [5.41, 5.74) is 4.28. The van der Waals surface area contributed by atoms with Gasteiger partial charge in [-0.25, -0.2) is 5.43 Å². The third-order valence-corrected chi connectivity index (χ3v) is 3.27. The fourth-order valence-electron chi connectivity index (χ4n) is 1.94. The Balaban J connectivity index is 1.91. The van der Waals surface area contributed by atoms with Crippen LogP contribution in [0.2, 0.25) is 5.02 Å². The molecule has 0 atom stereocenters. The van der Waals surface area contributed by atoms with Crippen LogP contribution in [0, 0.1) is 0 Å². The van der Waals surface area contributed by atoms with Crippen LogP contribution in [0.5, 0.6) is 0 Å². The second kappa shape index (κ2) is 7.43. The minimum Gasteiger partial charge on any atom is -0.266 e.